The van der Waals surface area contributed by atoms with E-state index in [1.54, 1.807) is 0 Å². The normalized spacial score (nSPS) is 11.4. The van der Waals surface area contributed by atoms with E-state index in [9.17, 15) is 4.79 Å². The minimum Gasteiger partial charge on any atom is -0.449 e. The van der Waals surface area contributed by atoms with Gasteiger partial charge in [-0.1, -0.05) is 36.4 Å². The maximum absolute atomic E-state index is 12.4. The van der Waals surface area contributed by atoms with Crippen molar-refractivity contribution in [2.45, 2.75) is 13.5 Å². The highest BCUT2D eigenvalue weighted by atomic mass is 16.3. The van der Waals surface area contributed by atoms with Crippen LogP contribution in [0.25, 0.3) is 33.5 Å². The Kier molecular flexibility index (Phi) is 3.36. The first kappa shape index (κ1) is 15.4. The minimum atomic E-state index is -0.328. The number of hydrogen-bond donors (Lipinski definition) is 1. The molecule has 0 fully saturated rings. The maximum atomic E-state index is 12.4. The number of furan rings is 1. The zero-order valence-corrected chi connectivity index (χ0v) is 14.4. The largest absolute Gasteiger partial charge is 0.449 e. The Morgan fingerprint density at radius 3 is 2.81 bits per heavy atom. The average Bonchev–Trinajstić information content (AvgIpc) is 3.27. The Bertz CT molecular complexity index is 1350. The highest BCUT2D eigenvalue weighted by molar-refractivity contribution is 6.01. The molecule has 0 spiro atoms. The summed E-state index contributed by atoms with van der Waals surface area (Å²) in [5, 5.41) is 13.4. The molecule has 2 aromatic carbocycles. The smallest absolute Gasteiger partial charge is 0.294 e. The van der Waals surface area contributed by atoms with Crippen LogP contribution < -0.4 is 5.56 Å². The van der Waals surface area contributed by atoms with Crippen LogP contribution in [0.4, 0.5) is 0 Å². The number of hydrogen-bond acceptors (Lipinski definition) is 6. The monoisotopic (exact) mass is 358 g/mol. The Hall–Kier alpha value is -3.81. The molecule has 1 N–H and O–H groups in total. The second-order valence-electron chi connectivity index (χ2n) is 6.25. The summed E-state index contributed by atoms with van der Waals surface area (Å²) in [4.78, 5) is 21.1. The predicted molar refractivity (Wildman–Crippen MR) is 99.2 cm³/mol. The van der Waals surface area contributed by atoms with E-state index < -0.39 is 0 Å². The first-order chi connectivity index (χ1) is 13.2. The number of aromatic nitrogens is 6. The molecule has 0 aliphatic heterocycles. The number of rotatable bonds is 3. The molecule has 5 rings (SSSR count). The van der Waals surface area contributed by atoms with E-state index in [-0.39, 0.29) is 17.7 Å². The molecule has 5 aromatic rings. The fourth-order valence-corrected chi connectivity index (χ4v) is 3.10. The molecule has 0 bridgehead atoms. The number of aromatic amines is 1. The SMILES string of the molecule is Cc1ccccc1-c1nnn(Cc2nc3c(oc4ccccc43)c(=O)[nH]2)n1. The molecule has 3 heterocycles. The lowest BCUT2D eigenvalue weighted by Gasteiger charge is -2.00. The molecule has 0 radical (unpaired) electrons. The van der Waals surface area contributed by atoms with Gasteiger partial charge < -0.3 is 9.40 Å². The second-order valence-corrected chi connectivity index (χ2v) is 6.25. The van der Waals surface area contributed by atoms with Crippen molar-refractivity contribution < 1.29 is 4.42 Å². The summed E-state index contributed by atoms with van der Waals surface area (Å²) >= 11 is 0. The standard InChI is InChI=1S/C19H14N6O2/c1-11-6-2-3-7-12(11)18-22-24-25(23-18)10-15-20-16-13-8-4-5-9-14(13)27-17(16)19(26)21-15/h2-9H,10H2,1H3,(H,20,21,26). The van der Waals surface area contributed by atoms with Crippen LogP contribution in [0.1, 0.15) is 11.4 Å². The highest BCUT2D eigenvalue weighted by Crippen LogP contribution is 2.24. The molecule has 0 atom stereocenters. The summed E-state index contributed by atoms with van der Waals surface area (Å²) in [5.74, 6) is 0.970. The van der Waals surface area contributed by atoms with Crippen LogP contribution in [0.5, 0.6) is 0 Å². The summed E-state index contributed by atoms with van der Waals surface area (Å²) in [6.45, 7) is 2.19. The number of nitrogens with one attached hydrogen (secondary N) is 1. The van der Waals surface area contributed by atoms with E-state index in [0.717, 1.165) is 16.5 Å². The minimum absolute atomic E-state index is 0.198. The molecule has 0 unspecified atom stereocenters. The van der Waals surface area contributed by atoms with E-state index in [2.05, 4.69) is 25.4 Å². The van der Waals surface area contributed by atoms with E-state index in [0.29, 0.717) is 22.7 Å². The molecule has 132 valence electrons. The van der Waals surface area contributed by atoms with E-state index in [1.807, 2.05) is 55.5 Å². The van der Waals surface area contributed by atoms with Gasteiger partial charge in [0.2, 0.25) is 11.4 Å². The third kappa shape index (κ3) is 2.58. The van der Waals surface area contributed by atoms with E-state index >= 15 is 0 Å². The zero-order chi connectivity index (χ0) is 18.4. The molecular formula is C19H14N6O2. The van der Waals surface area contributed by atoms with Gasteiger partial charge in [0.25, 0.3) is 5.56 Å². The third-order valence-electron chi connectivity index (χ3n) is 4.41. The van der Waals surface area contributed by atoms with Gasteiger partial charge in [-0.3, -0.25) is 4.79 Å². The van der Waals surface area contributed by atoms with E-state index in [4.69, 9.17) is 4.42 Å². The van der Waals surface area contributed by atoms with Crippen LogP contribution in [0, 0.1) is 6.92 Å². The van der Waals surface area contributed by atoms with Gasteiger partial charge in [-0.2, -0.15) is 4.80 Å². The van der Waals surface area contributed by atoms with Crippen LogP contribution >= 0.6 is 0 Å². The van der Waals surface area contributed by atoms with Crippen molar-refractivity contribution in [2.24, 2.45) is 0 Å². The Balaban J connectivity index is 1.55. The molecule has 0 amide bonds. The van der Waals surface area contributed by atoms with Crippen LogP contribution in [0.15, 0.2) is 57.7 Å². The summed E-state index contributed by atoms with van der Waals surface area (Å²) in [6.07, 6.45) is 0. The lowest BCUT2D eigenvalue weighted by Crippen LogP contribution is -2.15. The molecule has 3 aromatic heterocycles. The number of H-pyrrole nitrogens is 1. The summed E-state index contributed by atoms with van der Waals surface area (Å²) in [7, 11) is 0. The Labute approximate surface area is 152 Å². The number of nitrogens with zero attached hydrogens (tertiary/aromatic N) is 5. The number of para-hydroxylation sites is 1. The predicted octanol–water partition coefficient (Wildman–Crippen LogP) is 2.68. The first-order valence-electron chi connectivity index (χ1n) is 8.43. The molecule has 27 heavy (non-hydrogen) atoms. The molecular weight excluding hydrogens is 344 g/mol. The molecule has 8 heteroatoms. The van der Waals surface area contributed by atoms with Crippen molar-refractivity contribution in [1.82, 2.24) is 30.2 Å². The van der Waals surface area contributed by atoms with Crippen molar-refractivity contribution in [2.75, 3.05) is 0 Å². The first-order valence-corrected chi connectivity index (χ1v) is 8.43. The van der Waals surface area contributed by atoms with Crippen molar-refractivity contribution in [3.05, 3.63) is 70.3 Å². The number of fused-ring (bicyclic) bond motifs is 3. The van der Waals surface area contributed by atoms with Gasteiger partial charge in [-0.05, 0) is 29.8 Å². The Morgan fingerprint density at radius 1 is 1.11 bits per heavy atom. The third-order valence-corrected chi connectivity index (χ3v) is 4.41. The van der Waals surface area contributed by atoms with Crippen molar-refractivity contribution in [1.29, 1.82) is 0 Å². The van der Waals surface area contributed by atoms with Gasteiger partial charge in [0.05, 0.1) is 0 Å². The van der Waals surface area contributed by atoms with Crippen LogP contribution in [0.2, 0.25) is 0 Å². The number of tetrazole rings is 1. The quantitative estimate of drug-likeness (QED) is 0.532. The molecule has 0 saturated carbocycles. The summed E-state index contributed by atoms with van der Waals surface area (Å²) in [6, 6.07) is 15.3. The summed E-state index contributed by atoms with van der Waals surface area (Å²) < 4.78 is 5.61. The fraction of sp³-hybridized carbons (Fsp3) is 0.105. The lowest BCUT2D eigenvalue weighted by molar-refractivity contribution is 0.553. The average molecular weight is 358 g/mol. The van der Waals surface area contributed by atoms with E-state index in [1.165, 1.54) is 4.80 Å². The molecule has 0 saturated heterocycles. The van der Waals surface area contributed by atoms with Crippen molar-refractivity contribution in [3.63, 3.8) is 0 Å². The topological polar surface area (TPSA) is 102 Å². The molecule has 0 aliphatic carbocycles. The molecule has 0 aliphatic rings. The molecule has 8 nitrogen and oxygen atoms in total. The van der Waals surface area contributed by atoms with Gasteiger partial charge >= 0.3 is 0 Å². The van der Waals surface area contributed by atoms with Gasteiger partial charge in [-0.25, -0.2) is 4.98 Å². The van der Waals surface area contributed by atoms with Gasteiger partial charge in [-0.15, -0.1) is 10.2 Å². The number of benzene rings is 2. The summed E-state index contributed by atoms with van der Waals surface area (Å²) in [5.41, 5.74) is 3.03. The van der Waals surface area contributed by atoms with Crippen LogP contribution in [-0.2, 0) is 6.54 Å². The lowest BCUT2D eigenvalue weighted by atomic mass is 10.1. The van der Waals surface area contributed by atoms with Crippen molar-refractivity contribution >= 4 is 22.1 Å². The fourth-order valence-electron chi connectivity index (χ4n) is 3.10. The second kappa shape index (κ2) is 5.87. The highest BCUT2D eigenvalue weighted by Gasteiger charge is 2.14. The van der Waals surface area contributed by atoms with Crippen LogP contribution in [-0.4, -0.2) is 30.2 Å². The maximum Gasteiger partial charge on any atom is 0.294 e. The van der Waals surface area contributed by atoms with Crippen LogP contribution in [0.3, 0.4) is 0 Å². The van der Waals surface area contributed by atoms with Gasteiger partial charge in [0.1, 0.15) is 23.5 Å². The number of aryl methyl sites for hydroxylation is 1. The van der Waals surface area contributed by atoms with Crippen molar-refractivity contribution in [3.8, 4) is 11.4 Å². The van der Waals surface area contributed by atoms with Gasteiger partial charge in [0, 0.05) is 10.9 Å². The Morgan fingerprint density at radius 2 is 1.93 bits per heavy atom. The zero-order valence-electron chi connectivity index (χ0n) is 14.4. The van der Waals surface area contributed by atoms with Gasteiger partial charge in [0.15, 0.2) is 0 Å².